The van der Waals surface area contributed by atoms with Crippen molar-refractivity contribution in [3.8, 4) is 0 Å². The Hall–Kier alpha value is -1.59. The summed E-state index contributed by atoms with van der Waals surface area (Å²) in [6.45, 7) is 7.92. The molecule has 21 heavy (non-hydrogen) atoms. The number of nitrogens with one attached hydrogen (secondary N) is 1. The third-order valence-corrected chi connectivity index (χ3v) is 4.31. The second-order valence-electron chi connectivity index (χ2n) is 6.15. The number of oxime groups is 1. The first-order chi connectivity index (χ1) is 10.0. The SMILES string of the molecule is Cc1cc(/C(N)=N/O)ccc1CNCC1(C)CCOCC1. The minimum Gasteiger partial charge on any atom is -0.409 e. The molecule has 1 heterocycles. The molecule has 0 spiro atoms. The summed E-state index contributed by atoms with van der Waals surface area (Å²) >= 11 is 0. The van der Waals surface area contributed by atoms with Crippen LogP contribution < -0.4 is 11.1 Å². The summed E-state index contributed by atoms with van der Waals surface area (Å²) in [6, 6.07) is 5.86. The fourth-order valence-corrected chi connectivity index (χ4v) is 2.65. The number of nitrogens with zero attached hydrogens (tertiary/aromatic N) is 1. The van der Waals surface area contributed by atoms with Crippen LogP contribution in [0.2, 0.25) is 0 Å². The number of rotatable bonds is 5. The number of amidine groups is 1. The number of nitrogens with two attached hydrogens (primary N) is 1. The van der Waals surface area contributed by atoms with E-state index in [1.54, 1.807) is 0 Å². The molecule has 5 heteroatoms. The van der Waals surface area contributed by atoms with E-state index in [4.69, 9.17) is 15.7 Å². The van der Waals surface area contributed by atoms with Gasteiger partial charge in [-0.05, 0) is 42.4 Å². The van der Waals surface area contributed by atoms with E-state index in [9.17, 15) is 0 Å². The van der Waals surface area contributed by atoms with E-state index in [1.807, 2.05) is 25.1 Å². The Morgan fingerprint density at radius 2 is 2.14 bits per heavy atom. The van der Waals surface area contributed by atoms with E-state index < -0.39 is 0 Å². The van der Waals surface area contributed by atoms with Crippen LogP contribution >= 0.6 is 0 Å². The van der Waals surface area contributed by atoms with Crippen molar-refractivity contribution >= 4 is 5.84 Å². The van der Waals surface area contributed by atoms with Crippen LogP contribution in [0.4, 0.5) is 0 Å². The van der Waals surface area contributed by atoms with E-state index in [1.165, 1.54) is 5.56 Å². The van der Waals surface area contributed by atoms with Crippen LogP contribution in [0.15, 0.2) is 23.4 Å². The van der Waals surface area contributed by atoms with Gasteiger partial charge in [0.05, 0.1) is 0 Å². The summed E-state index contributed by atoms with van der Waals surface area (Å²) in [7, 11) is 0. The Morgan fingerprint density at radius 1 is 1.43 bits per heavy atom. The Labute approximate surface area is 126 Å². The maximum Gasteiger partial charge on any atom is 0.170 e. The van der Waals surface area contributed by atoms with Crippen molar-refractivity contribution in [1.82, 2.24) is 5.32 Å². The van der Waals surface area contributed by atoms with Gasteiger partial charge < -0.3 is 21.0 Å². The zero-order valence-electron chi connectivity index (χ0n) is 12.9. The summed E-state index contributed by atoms with van der Waals surface area (Å²) in [5.41, 5.74) is 9.06. The molecule has 0 aliphatic carbocycles. The fourth-order valence-electron chi connectivity index (χ4n) is 2.65. The minimum atomic E-state index is 0.146. The molecule has 2 rings (SSSR count). The predicted molar refractivity (Wildman–Crippen MR) is 83.6 cm³/mol. The molecule has 1 fully saturated rings. The van der Waals surface area contributed by atoms with Gasteiger partial charge in [0.25, 0.3) is 0 Å². The van der Waals surface area contributed by atoms with Crippen LogP contribution in [-0.2, 0) is 11.3 Å². The lowest BCUT2D eigenvalue weighted by atomic mass is 9.82. The van der Waals surface area contributed by atoms with Gasteiger partial charge >= 0.3 is 0 Å². The summed E-state index contributed by atoms with van der Waals surface area (Å²) in [6.07, 6.45) is 2.23. The maximum atomic E-state index is 8.70. The summed E-state index contributed by atoms with van der Waals surface area (Å²) < 4.78 is 5.42. The summed E-state index contributed by atoms with van der Waals surface area (Å²) in [5, 5.41) is 15.3. The molecule has 1 aliphatic rings. The van der Waals surface area contributed by atoms with E-state index >= 15 is 0 Å². The third kappa shape index (κ3) is 4.19. The molecule has 1 aliphatic heterocycles. The van der Waals surface area contributed by atoms with Crippen LogP contribution in [0.5, 0.6) is 0 Å². The minimum absolute atomic E-state index is 0.146. The standard InChI is InChI=1S/C16H25N3O2/c1-12-9-13(15(17)19-20)3-4-14(12)10-18-11-16(2)5-7-21-8-6-16/h3-4,9,18,20H,5-8,10-11H2,1-2H3,(H2,17,19). The first kappa shape index (κ1) is 15.8. The second-order valence-corrected chi connectivity index (χ2v) is 6.15. The van der Waals surface area contributed by atoms with Gasteiger partial charge in [-0.3, -0.25) is 0 Å². The summed E-state index contributed by atoms with van der Waals surface area (Å²) in [4.78, 5) is 0. The molecule has 0 aromatic heterocycles. The van der Waals surface area contributed by atoms with Gasteiger partial charge in [0, 0.05) is 31.9 Å². The molecular weight excluding hydrogens is 266 g/mol. The zero-order chi connectivity index (χ0) is 15.3. The largest absolute Gasteiger partial charge is 0.409 e. The number of ether oxygens (including phenoxy) is 1. The zero-order valence-corrected chi connectivity index (χ0v) is 12.9. The number of hydrogen-bond acceptors (Lipinski definition) is 4. The van der Waals surface area contributed by atoms with Gasteiger partial charge in [0.2, 0.25) is 0 Å². The highest BCUT2D eigenvalue weighted by Crippen LogP contribution is 2.28. The van der Waals surface area contributed by atoms with Crippen LogP contribution in [0.25, 0.3) is 0 Å². The average Bonchev–Trinajstić information content (AvgIpc) is 2.48. The molecule has 0 bridgehead atoms. The molecule has 0 unspecified atom stereocenters. The van der Waals surface area contributed by atoms with Crippen molar-refractivity contribution in [2.75, 3.05) is 19.8 Å². The first-order valence-corrected chi connectivity index (χ1v) is 7.40. The van der Waals surface area contributed by atoms with E-state index in [-0.39, 0.29) is 5.84 Å². The normalized spacial score (nSPS) is 18.7. The fraction of sp³-hybridized carbons (Fsp3) is 0.562. The average molecular weight is 291 g/mol. The number of aryl methyl sites for hydroxylation is 1. The van der Waals surface area contributed by atoms with E-state index in [2.05, 4.69) is 17.4 Å². The lowest BCUT2D eigenvalue weighted by molar-refractivity contribution is 0.0240. The van der Waals surface area contributed by atoms with Gasteiger partial charge in [-0.2, -0.15) is 0 Å². The van der Waals surface area contributed by atoms with Gasteiger partial charge in [-0.15, -0.1) is 0 Å². The molecule has 0 saturated carbocycles. The van der Waals surface area contributed by atoms with Crippen molar-refractivity contribution in [1.29, 1.82) is 0 Å². The van der Waals surface area contributed by atoms with Crippen molar-refractivity contribution in [3.63, 3.8) is 0 Å². The quantitative estimate of drug-likeness (QED) is 0.335. The van der Waals surface area contributed by atoms with E-state index in [0.717, 1.165) is 50.3 Å². The molecular formula is C16H25N3O2. The van der Waals surface area contributed by atoms with Gasteiger partial charge in [0.15, 0.2) is 5.84 Å². The highest BCUT2D eigenvalue weighted by molar-refractivity contribution is 5.97. The number of hydrogen-bond donors (Lipinski definition) is 3. The highest BCUT2D eigenvalue weighted by atomic mass is 16.5. The maximum absolute atomic E-state index is 8.70. The molecule has 1 aromatic rings. The molecule has 1 saturated heterocycles. The Morgan fingerprint density at radius 3 is 2.76 bits per heavy atom. The third-order valence-electron chi connectivity index (χ3n) is 4.31. The molecule has 116 valence electrons. The second kappa shape index (κ2) is 6.91. The molecule has 0 atom stereocenters. The van der Waals surface area contributed by atoms with Crippen molar-refractivity contribution in [2.45, 2.75) is 33.2 Å². The molecule has 5 nitrogen and oxygen atoms in total. The Bertz CT molecular complexity index is 508. The van der Waals surface area contributed by atoms with Gasteiger partial charge in [0.1, 0.15) is 0 Å². The van der Waals surface area contributed by atoms with Crippen LogP contribution in [0.1, 0.15) is 36.5 Å². The Kier molecular flexibility index (Phi) is 5.20. The van der Waals surface area contributed by atoms with Crippen molar-refractivity contribution in [3.05, 3.63) is 34.9 Å². The van der Waals surface area contributed by atoms with E-state index in [0.29, 0.717) is 5.41 Å². The number of benzene rings is 1. The summed E-state index contributed by atoms with van der Waals surface area (Å²) in [5.74, 6) is 0.146. The predicted octanol–water partition coefficient (Wildman–Crippen LogP) is 2.00. The topological polar surface area (TPSA) is 79.9 Å². The lowest BCUT2D eigenvalue weighted by Crippen LogP contribution is -2.36. The molecule has 4 N–H and O–H groups in total. The Balaban J connectivity index is 1.91. The smallest absolute Gasteiger partial charge is 0.170 e. The van der Waals surface area contributed by atoms with Crippen LogP contribution in [-0.4, -0.2) is 30.8 Å². The van der Waals surface area contributed by atoms with Crippen LogP contribution in [0.3, 0.4) is 0 Å². The first-order valence-electron chi connectivity index (χ1n) is 7.40. The molecule has 0 radical (unpaired) electrons. The highest BCUT2D eigenvalue weighted by Gasteiger charge is 2.26. The van der Waals surface area contributed by atoms with Crippen molar-refractivity contribution in [2.24, 2.45) is 16.3 Å². The monoisotopic (exact) mass is 291 g/mol. The van der Waals surface area contributed by atoms with Gasteiger partial charge in [-0.25, -0.2) is 0 Å². The molecule has 0 amide bonds. The van der Waals surface area contributed by atoms with Gasteiger partial charge in [-0.1, -0.05) is 24.2 Å². The van der Waals surface area contributed by atoms with Crippen molar-refractivity contribution < 1.29 is 9.94 Å². The lowest BCUT2D eigenvalue weighted by Gasteiger charge is -2.33. The molecule has 1 aromatic carbocycles. The van der Waals surface area contributed by atoms with Crippen LogP contribution in [0, 0.1) is 12.3 Å².